The molecule has 1 aliphatic rings. The molecule has 1 aromatic heterocycles. The number of benzene rings is 2. The van der Waals surface area contributed by atoms with Gasteiger partial charge in [0, 0.05) is 36.0 Å². The summed E-state index contributed by atoms with van der Waals surface area (Å²) in [6.07, 6.45) is -3.72. The van der Waals surface area contributed by atoms with Crippen LogP contribution in [0.2, 0.25) is 0 Å². The van der Waals surface area contributed by atoms with Crippen LogP contribution >= 0.6 is 0 Å². The highest BCUT2D eigenvalue weighted by atomic mass is 19.4. The maximum atomic E-state index is 13.3. The molecule has 30 heavy (non-hydrogen) atoms. The fourth-order valence-electron chi connectivity index (χ4n) is 4.17. The van der Waals surface area contributed by atoms with E-state index in [1.165, 1.54) is 13.0 Å². The monoisotopic (exact) mass is 414 g/mol. The predicted octanol–water partition coefficient (Wildman–Crippen LogP) is 5.03. The van der Waals surface area contributed by atoms with Gasteiger partial charge in [-0.2, -0.15) is 13.2 Å². The van der Waals surface area contributed by atoms with Gasteiger partial charge in [-0.1, -0.05) is 30.3 Å². The Labute approximate surface area is 171 Å². The summed E-state index contributed by atoms with van der Waals surface area (Å²) >= 11 is 0. The molecule has 2 heterocycles. The number of amides is 1. The highest BCUT2D eigenvalue weighted by molar-refractivity contribution is 5.87. The van der Waals surface area contributed by atoms with E-state index in [2.05, 4.69) is 4.98 Å². The van der Waals surface area contributed by atoms with Crippen molar-refractivity contribution in [2.24, 2.45) is 0 Å². The summed E-state index contributed by atoms with van der Waals surface area (Å²) < 4.78 is 40.0. The van der Waals surface area contributed by atoms with Crippen molar-refractivity contribution in [1.82, 2.24) is 9.88 Å². The SMILES string of the molecule is CC(=O)CCC(=O)N1CCc2c([nH]c3ccccc23)C1c1cccc(C(F)(F)F)c1. The number of aromatic nitrogens is 1. The third kappa shape index (κ3) is 3.72. The molecule has 2 aromatic carbocycles. The van der Waals surface area contributed by atoms with Crippen LogP contribution in [0.15, 0.2) is 48.5 Å². The summed E-state index contributed by atoms with van der Waals surface area (Å²) in [6, 6.07) is 12.2. The summed E-state index contributed by atoms with van der Waals surface area (Å²) in [7, 11) is 0. The lowest BCUT2D eigenvalue weighted by Crippen LogP contribution is -2.40. The van der Waals surface area contributed by atoms with Crippen molar-refractivity contribution in [3.8, 4) is 0 Å². The number of fused-ring (bicyclic) bond motifs is 3. The number of ketones is 1. The predicted molar refractivity (Wildman–Crippen MR) is 107 cm³/mol. The second-order valence-electron chi connectivity index (χ2n) is 7.63. The van der Waals surface area contributed by atoms with Crippen LogP contribution in [0.25, 0.3) is 10.9 Å². The maximum absolute atomic E-state index is 13.3. The fraction of sp³-hybridized carbons (Fsp3) is 0.304. The number of nitrogens with one attached hydrogen (secondary N) is 1. The molecule has 0 radical (unpaired) electrons. The zero-order valence-corrected chi connectivity index (χ0v) is 16.4. The number of rotatable bonds is 4. The Kier molecular flexibility index (Phi) is 5.13. The second-order valence-corrected chi connectivity index (χ2v) is 7.63. The van der Waals surface area contributed by atoms with E-state index in [1.54, 1.807) is 11.0 Å². The minimum Gasteiger partial charge on any atom is -0.356 e. The summed E-state index contributed by atoms with van der Waals surface area (Å²) in [5.41, 5.74) is 2.28. The minimum absolute atomic E-state index is 0.0420. The molecule has 0 saturated carbocycles. The third-order valence-electron chi connectivity index (χ3n) is 5.58. The molecule has 0 bridgehead atoms. The number of hydrogen-bond acceptors (Lipinski definition) is 2. The number of nitrogens with zero attached hydrogens (tertiary/aromatic N) is 1. The van der Waals surface area contributed by atoms with Crippen LogP contribution in [-0.2, 0) is 22.2 Å². The first kappa shape index (κ1) is 20.2. The van der Waals surface area contributed by atoms with Crippen LogP contribution in [0, 0.1) is 0 Å². The Morgan fingerprint density at radius 3 is 2.60 bits per heavy atom. The molecule has 4 rings (SSSR count). The van der Waals surface area contributed by atoms with Gasteiger partial charge in [0.25, 0.3) is 0 Å². The molecule has 0 fully saturated rings. The van der Waals surface area contributed by atoms with Gasteiger partial charge in [-0.15, -0.1) is 0 Å². The molecule has 1 unspecified atom stereocenters. The number of halogens is 3. The van der Waals surface area contributed by atoms with E-state index >= 15 is 0 Å². The van der Waals surface area contributed by atoms with Gasteiger partial charge in [-0.25, -0.2) is 0 Å². The highest BCUT2D eigenvalue weighted by Crippen LogP contribution is 2.40. The van der Waals surface area contributed by atoms with Crippen molar-refractivity contribution in [1.29, 1.82) is 0 Å². The van der Waals surface area contributed by atoms with Gasteiger partial charge < -0.3 is 14.7 Å². The lowest BCUT2D eigenvalue weighted by Gasteiger charge is -2.36. The minimum atomic E-state index is -4.47. The van der Waals surface area contributed by atoms with E-state index in [-0.39, 0.29) is 24.5 Å². The summed E-state index contributed by atoms with van der Waals surface area (Å²) in [6.45, 7) is 1.80. The van der Waals surface area contributed by atoms with Gasteiger partial charge in [0.15, 0.2) is 0 Å². The lowest BCUT2D eigenvalue weighted by molar-refractivity contribution is -0.137. The van der Waals surface area contributed by atoms with Crippen molar-refractivity contribution < 1.29 is 22.8 Å². The van der Waals surface area contributed by atoms with Gasteiger partial charge in [0.1, 0.15) is 5.78 Å². The molecular formula is C23H21F3N2O2. The first-order valence-corrected chi connectivity index (χ1v) is 9.81. The van der Waals surface area contributed by atoms with Crippen molar-refractivity contribution >= 4 is 22.6 Å². The average molecular weight is 414 g/mol. The molecule has 0 spiro atoms. The first-order chi connectivity index (χ1) is 14.3. The van der Waals surface area contributed by atoms with Crippen LogP contribution in [0.3, 0.4) is 0 Å². The third-order valence-corrected chi connectivity index (χ3v) is 5.58. The van der Waals surface area contributed by atoms with E-state index in [1.807, 2.05) is 24.3 Å². The van der Waals surface area contributed by atoms with Gasteiger partial charge in [0.2, 0.25) is 5.91 Å². The number of carbonyl (C=O) groups is 2. The quantitative estimate of drug-likeness (QED) is 0.651. The number of hydrogen-bond donors (Lipinski definition) is 1. The lowest BCUT2D eigenvalue weighted by atomic mass is 9.91. The Balaban J connectivity index is 1.83. The van der Waals surface area contributed by atoms with Crippen molar-refractivity contribution in [2.75, 3.05) is 6.54 Å². The molecule has 156 valence electrons. The normalized spacial score (nSPS) is 16.5. The molecule has 1 N–H and O–H groups in total. The largest absolute Gasteiger partial charge is 0.416 e. The zero-order valence-electron chi connectivity index (χ0n) is 16.4. The molecular weight excluding hydrogens is 393 g/mol. The van der Waals surface area contributed by atoms with Crippen molar-refractivity contribution in [3.63, 3.8) is 0 Å². The zero-order chi connectivity index (χ0) is 21.5. The second kappa shape index (κ2) is 7.63. The topological polar surface area (TPSA) is 53.2 Å². The smallest absolute Gasteiger partial charge is 0.356 e. The van der Waals surface area contributed by atoms with E-state index in [0.717, 1.165) is 34.3 Å². The van der Waals surface area contributed by atoms with Crippen molar-refractivity contribution in [3.05, 3.63) is 70.9 Å². The van der Waals surface area contributed by atoms with Gasteiger partial charge in [-0.3, -0.25) is 4.79 Å². The molecule has 0 saturated heterocycles. The summed E-state index contributed by atoms with van der Waals surface area (Å²) in [4.78, 5) is 29.2. The fourth-order valence-corrected chi connectivity index (χ4v) is 4.17. The van der Waals surface area contributed by atoms with Crippen molar-refractivity contribution in [2.45, 2.75) is 38.4 Å². The molecule has 1 aliphatic heterocycles. The summed E-state index contributed by atoms with van der Waals surface area (Å²) in [5, 5.41) is 1.01. The Morgan fingerprint density at radius 1 is 1.10 bits per heavy atom. The Hall–Kier alpha value is -3.09. The summed E-state index contributed by atoms with van der Waals surface area (Å²) in [5.74, 6) is -0.334. The van der Waals surface area contributed by atoms with E-state index in [4.69, 9.17) is 0 Å². The number of H-pyrrole nitrogens is 1. The van der Waals surface area contributed by atoms with Gasteiger partial charge >= 0.3 is 6.18 Å². The highest BCUT2D eigenvalue weighted by Gasteiger charge is 2.36. The first-order valence-electron chi connectivity index (χ1n) is 9.81. The molecule has 4 nitrogen and oxygen atoms in total. The van der Waals surface area contributed by atoms with Gasteiger partial charge in [0.05, 0.1) is 11.6 Å². The Bertz CT molecular complexity index is 1120. The molecule has 3 aromatic rings. The molecule has 0 aliphatic carbocycles. The number of carbonyl (C=O) groups excluding carboxylic acids is 2. The average Bonchev–Trinajstić information content (AvgIpc) is 3.09. The molecule has 7 heteroatoms. The van der Waals surface area contributed by atoms with Crippen LogP contribution in [0.1, 0.15) is 48.2 Å². The van der Waals surface area contributed by atoms with E-state index < -0.39 is 17.8 Å². The van der Waals surface area contributed by atoms with E-state index in [9.17, 15) is 22.8 Å². The van der Waals surface area contributed by atoms with Crippen LogP contribution in [-0.4, -0.2) is 28.1 Å². The van der Waals surface area contributed by atoms with Crippen LogP contribution < -0.4 is 0 Å². The van der Waals surface area contributed by atoms with Gasteiger partial charge in [-0.05, 0) is 42.7 Å². The number of Topliss-reactive ketones (excluding diaryl/α,β-unsaturated/α-hetero) is 1. The van der Waals surface area contributed by atoms with Crippen LogP contribution in [0.4, 0.5) is 13.2 Å². The van der Waals surface area contributed by atoms with E-state index in [0.29, 0.717) is 18.5 Å². The molecule has 1 atom stereocenters. The number of aromatic amines is 1. The van der Waals surface area contributed by atoms with Crippen LogP contribution in [0.5, 0.6) is 0 Å². The standard InChI is InChI=1S/C23H21F3N2O2/c1-14(29)9-10-20(30)28-12-11-18-17-7-2-3-8-19(17)27-21(18)22(28)15-5-4-6-16(13-15)23(24,25)26/h2-8,13,22,27H,9-12H2,1H3. The number of para-hydroxylation sites is 1. The number of alkyl halides is 3. The maximum Gasteiger partial charge on any atom is 0.416 e. The Morgan fingerprint density at radius 2 is 1.87 bits per heavy atom. The molecule has 1 amide bonds.